The van der Waals surface area contributed by atoms with E-state index in [9.17, 15) is 4.79 Å². The molecule has 5 nitrogen and oxygen atoms in total. The summed E-state index contributed by atoms with van der Waals surface area (Å²) in [5.74, 6) is 0.840. The summed E-state index contributed by atoms with van der Waals surface area (Å²) >= 11 is 1.40. The minimum Gasteiger partial charge on any atom is -0.494 e. The standard InChI is InChI=1S/C14H17N3O2S/c1-3-15-13(18)17-14-16-12(9-20-14)10-5-7-11(8-6-10)19-4-2/h5-9H,3-4H2,1-2H3,(H2,15,16,17,18). The fourth-order valence-corrected chi connectivity index (χ4v) is 2.37. The summed E-state index contributed by atoms with van der Waals surface area (Å²) in [5.41, 5.74) is 1.83. The molecule has 2 aromatic rings. The second kappa shape index (κ2) is 6.91. The zero-order chi connectivity index (χ0) is 14.4. The Balaban J connectivity index is 2.06. The highest BCUT2D eigenvalue weighted by atomic mass is 32.1. The molecule has 20 heavy (non-hydrogen) atoms. The Labute approximate surface area is 122 Å². The van der Waals surface area contributed by atoms with Crippen molar-refractivity contribution in [1.82, 2.24) is 10.3 Å². The van der Waals surface area contributed by atoms with Crippen LogP contribution in [0.3, 0.4) is 0 Å². The van der Waals surface area contributed by atoms with Crippen molar-refractivity contribution in [2.75, 3.05) is 18.5 Å². The van der Waals surface area contributed by atoms with Gasteiger partial charge >= 0.3 is 6.03 Å². The Morgan fingerprint density at radius 1 is 1.30 bits per heavy atom. The molecule has 0 bridgehead atoms. The summed E-state index contributed by atoms with van der Waals surface area (Å²) in [4.78, 5) is 15.8. The molecule has 1 heterocycles. The maximum atomic E-state index is 11.4. The number of hydrogen-bond donors (Lipinski definition) is 2. The number of anilines is 1. The van der Waals surface area contributed by atoms with Gasteiger partial charge in [0.05, 0.1) is 12.3 Å². The fraction of sp³-hybridized carbons (Fsp3) is 0.286. The molecule has 0 radical (unpaired) electrons. The van der Waals surface area contributed by atoms with Crippen LogP contribution in [0, 0.1) is 0 Å². The van der Waals surface area contributed by atoms with E-state index in [1.165, 1.54) is 11.3 Å². The summed E-state index contributed by atoms with van der Waals surface area (Å²) in [7, 11) is 0. The van der Waals surface area contributed by atoms with Gasteiger partial charge in [0.2, 0.25) is 0 Å². The molecule has 0 aliphatic carbocycles. The number of benzene rings is 1. The van der Waals surface area contributed by atoms with Gasteiger partial charge in [-0.05, 0) is 38.1 Å². The van der Waals surface area contributed by atoms with Gasteiger partial charge in [0, 0.05) is 17.5 Å². The van der Waals surface area contributed by atoms with Gasteiger partial charge in [-0.15, -0.1) is 11.3 Å². The van der Waals surface area contributed by atoms with Gasteiger partial charge in [-0.1, -0.05) is 0 Å². The van der Waals surface area contributed by atoms with Crippen molar-refractivity contribution < 1.29 is 9.53 Å². The highest BCUT2D eigenvalue weighted by molar-refractivity contribution is 7.14. The number of amides is 2. The lowest BCUT2D eigenvalue weighted by Gasteiger charge is -2.03. The molecule has 2 rings (SSSR count). The van der Waals surface area contributed by atoms with Crippen molar-refractivity contribution >= 4 is 22.5 Å². The van der Waals surface area contributed by atoms with E-state index >= 15 is 0 Å². The van der Waals surface area contributed by atoms with Crippen LogP contribution in [0.2, 0.25) is 0 Å². The normalized spacial score (nSPS) is 10.1. The van der Waals surface area contributed by atoms with Crippen LogP contribution in [-0.4, -0.2) is 24.2 Å². The van der Waals surface area contributed by atoms with Gasteiger partial charge in [-0.2, -0.15) is 0 Å². The molecule has 2 N–H and O–H groups in total. The molecule has 106 valence electrons. The summed E-state index contributed by atoms with van der Waals surface area (Å²) in [6.45, 7) is 5.06. The van der Waals surface area contributed by atoms with Gasteiger partial charge in [-0.25, -0.2) is 9.78 Å². The highest BCUT2D eigenvalue weighted by Crippen LogP contribution is 2.26. The summed E-state index contributed by atoms with van der Waals surface area (Å²) < 4.78 is 5.40. The predicted octanol–water partition coefficient (Wildman–Crippen LogP) is 3.35. The largest absolute Gasteiger partial charge is 0.494 e. The second-order valence-electron chi connectivity index (χ2n) is 3.98. The van der Waals surface area contributed by atoms with E-state index in [-0.39, 0.29) is 6.03 Å². The Bertz CT molecular complexity index is 566. The first kappa shape index (κ1) is 14.3. The van der Waals surface area contributed by atoms with Gasteiger partial charge in [-0.3, -0.25) is 5.32 Å². The molecule has 6 heteroatoms. The van der Waals surface area contributed by atoms with E-state index < -0.39 is 0 Å². The third-order valence-corrected chi connectivity index (χ3v) is 3.28. The number of nitrogens with zero attached hydrogens (tertiary/aromatic N) is 1. The number of ether oxygens (including phenoxy) is 1. The number of aromatic nitrogens is 1. The Morgan fingerprint density at radius 2 is 2.05 bits per heavy atom. The van der Waals surface area contributed by atoms with Crippen LogP contribution in [-0.2, 0) is 0 Å². The van der Waals surface area contributed by atoms with Crippen LogP contribution in [0.4, 0.5) is 9.93 Å². The van der Waals surface area contributed by atoms with Crippen molar-refractivity contribution in [2.45, 2.75) is 13.8 Å². The number of thiazole rings is 1. The third-order valence-electron chi connectivity index (χ3n) is 2.52. The van der Waals surface area contributed by atoms with Crippen molar-refractivity contribution in [3.8, 4) is 17.0 Å². The van der Waals surface area contributed by atoms with E-state index in [1.807, 2.05) is 43.5 Å². The Kier molecular flexibility index (Phi) is 4.95. The third kappa shape index (κ3) is 3.71. The zero-order valence-corrected chi connectivity index (χ0v) is 12.3. The molecular weight excluding hydrogens is 274 g/mol. The number of rotatable bonds is 5. The van der Waals surface area contributed by atoms with Gasteiger partial charge in [0.1, 0.15) is 5.75 Å². The van der Waals surface area contributed by atoms with E-state index in [0.717, 1.165) is 17.0 Å². The van der Waals surface area contributed by atoms with Crippen LogP contribution >= 0.6 is 11.3 Å². The molecule has 1 aromatic heterocycles. The smallest absolute Gasteiger partial charge is 0.321 e. The molecule has 0 saturated heterocycles. The van der Waals surface area contributed by atoms with Crippen LogP contribution in [0.5, 0.6) is 5.75 Å². The van der Waals surface area contributed by atoms with E-state index in [2.05, 4.69) is 15.6 Å². The average molecular weight is 291 g/mol. The van der Waals surface area contributed by atoms with Crippen LogP contribution in [0.1, 0.15) is 13.8 Å². The van der Waals surface area contributed by atoms with Crippen molar-refractivity contribution in [3.63, 3.8) is 0 Å². The summed E-state index contributed by atoms with van der Waals surface area (Å²) in [6, 6.07) is 7.50. The van der Waals surface area contributed by atoms with E-state index in [1.54, 1.807) is 0 Å². The predicted molar refractivity (Wildman–Crippen MR) is 81.4 cm³/mol. The summed E-state index contributed by atoms with van der Waals surface area (Å²) in [5, 5.41) is 7.86. The van der Waals surface area contributed by atoms with Crippen LogP contribution < -0.4 is 15.4 Å². The monoisotopic (exact) mass is 291 g/mol. The van der Waals surface area contributed by atoms with Crippen LogP contribution in [0.15, 0.2) is 29.6 Å². The quantitative estimate of drug-likeness (QED) is 0.888. The average Bonchev–Trinajstić information content (AvgIpc) is 2.88. The van der Waals surface area contributed by atoms with E-state index in [4.69, 9.17) is 4.74 Å². The first-order valence-corrected chi connectivity index (χ1v) is 7.34. The first-order valence-electron chi connectivity index (χ1n) is 6.46. The lowest BCUT2D eigenvalue weighted by atomic mass is 10.2. The van der Waals surface area contributed by atoms with Gasteiger partial charge in [0.15, 0.2) is 5.13 Å². The van der Waals surface area contributed by atoms with Crippen molar-refractivity contribution in [2.24, 2.45) is 0 Å². The molecule has 0 aliphatic heterocycles. The van der Waals surface area contributed by atoms with Gasteiger partial charge in [0.25, 0.3) is 0 Å². The minimum absolute atomic E-state index is 0.236. The molecule has 0 saturated carbocycles. The zero-order valence-electron chi connectivity index (χ0n) is 11.5. The molecule has 0 unspecified atom stereocenters. The molecular formula is C14H17N3O2S. The maximum absolute atomic E-state index is 11.4. The SMILES string of the molecule is CCNC(=O)Nc1nc(-c2ccc(OCC)cc2)cs1. The number of carbonyl (C=O) groups is 1. The Morgan fingerprint density at radius 3 is 2.70 bits per heavy atom. The molecule has 1 aromatic carbocycles. The molecule has 0 atom stereocenters. The maximum Gasteiger partial charge on any atom is 0.321 e. The second-order valence-corrected chi connectivity index (χ2v) is 4.84. The highest BCUT2D eigenvalue weighted by Gasteiger charge is 2.07. The summed E-state index contributed by atoms with van der Waals surface area (Å²) in [6.07, 6.45) is 0. The minimum atomic E-state index is -0.236. The van der Waals surface area contributed by atoms with Gasteiger partial charge < -0.3 is 10.1 Å². The Hall–Kier alpha value is -2.08. The number of nitrogens with one attached hydrogen (secondary N) is 2. The first-order chi connectivity index (χ1) is 9.72. The molecule has 0 fully saturated rings. The topological polar surface area (TPSA) is 63.2 Å². The lowest BCUT2D eigenvalue weighted by molar-refractivity contribution is 0.252. The van der Waals surface area contributed by atoms with Crippen molar-refractivity contribution in [1.29, 1.82) is 0 Å². The molecule has 0 spiro atoms. The lowest BCUT2D eigenvalue weighted by Crippen LogP contribution is -2.28. The van der Waals surface area contributed by atoms with E-state index in [0.29, 0.717) is 18.3 Å². The molecule has 0 aliphatic rings. The number of carbonyl (C=O) groups excluding carboxylic acids is 1. The van der Waals surface area contributed by atoms with Crippen LogP contribution in [0.25, 0.3) is 11.3 Å². The molecule has 2 amide bonds. The fourth-order valence-electron chi connectivity index (χ4n) is 1.65. The van der Waals surface area contributed by atoms with Crippen molar-refractivity contribution in [3.05, 3.63) is 29.6 Å². The number of urea groups is 1. The number of hydrogen-bond acceptors (Lipinski definition) is 4.